The van der Waals surface area contributed by atoms with E-state index >= 15 is 0 Å². The van der Waals surface area contributed by atoms with Crippen molar-refractivity contribution in [1.29, 1.82) is 0 Å². The van der Waals surface area contributed by atoms with E-state index in [1.54, 1.807) is 12.1 Å². The molecule has 0 aromatic heterocycles. The molecule has 0 saturated carbocycles. The summed E-state index contributed by atoms with van der Waals surface area (Å²) in [7, 11) is 0. The Morgan fingerprint density at radius 3 is 2.17 bits per heavy atom. The van der Waals surface area contributed by atoms with Gasteiger partial charge in [-0.2, -0.15) is 0 Å². The molecule has 0 aliphatic carbocycles. The molecule has 0 heterocycles. The van der Waals surface area contributed by atoms with Crippen LogP contribution in [0.3, 0.4) is 0 Å². The second-order valence-electron chi connectivity index (χ2n) is 5.20. The summed E-state index contributed by atoms with van der Waals surface area (Å²) >= 11 is 0. The van der Waals surface area contributed by atoms with E-state index in [4.69, 9.17) is 4.74 Å². The predicted octanol–water partition coefficient (Wildman–Crippen LogP) is 4.42. The highest BCUT2D eigenvalue weighted by molar-refractivity contribution is 5.91. The smallest absolute Gasteiger partial charge is 0.338 e. The van der Waals surface area contributed by atoms with E-state index in [1.807, 2.05) is 60.7 Å². The highest BCUT2D eigenvalue weighted by Gasteiger charge is 2.11. The molecule has 3 aromatic rings. The first-order valence-electron chi connectivity index (χ1n) is 7.33. The van der Waals surface area contributed by atoms with Crippen molar-refractivity contribution in [2.75, 3.05) is 0 Å². The van der Waals surface area contributed by atoms with E-state index in [2.05, 4.69) is 0 Å². The molecule has 0 bridgehead atoms. The van der Waals surface area contributed by atoms with Crippen LogP contribution < -0.4 is 0 Å². The largest absolute Gasteiger partial charge is 0.508 e. The van der Waals surface area contributed by atoms with Crippen LogP contribution in [0.2, 0.25) is 0 Å². The van der Waals surface area contributed by atoms with Gasteiger partial charge in [0, 0.05) is 0 Å². The van der Waals surface area contributed by atoms with E-state index < -0.39 is 5.97 Å². The monoisotopic (exact) mass is 304 g/mol. The molecule has 3 heteroatoms. The lowest BCUT2D eigenvalue weighted by Crippen LogP contribution is -2.05. The molecule has 0 spiro atoms. The Kier molecular flexibility index (Phi) is 4.39. The number of esters is 1. The maximum Gasteiger partial charge on any atom is 0.338 e. The normalized spacial score (nSPS) is 10.3. The van der Waals surface area contributed by atoms with Gasteiger partial charge in [0.15, 0.2) is 0 Å². The van der Waals surface area contributed by atoms with Crippen LogP contribution >= 0.6 is 0 Å². The fourth-order valence-corrected chi connectivity index (χ4v) is 2.33. The highest BCUT2D eigenvalue weighted by atomic mass is 16.5. The molecule has 1 N–H and O–H groups in total. The summed E-state index contributed by atoms with van der Waals surface area (Å²) in [6.45, 7) is 0.204. The summed E-state index contributed by atoms with van der Waals surface area (Å²) in [6, 6.07) is 23.8. The van der Waals surface area contributed by atoms with Crippen LogP contribution in [0.1, 0.15) is 15.9 Å². The first-order chi connectivity index (χ1) is 11.2. The lowest BCUT2D eigenvalue weighted by molar-refractivity contribution is 0.0472. The summed E-state index contributed by atoms with van der Waals surface area (Å²) in [6.07, 6.45) is 0. The zero-order chi connectivity index (χ0) is 16.1. The molecule has 0 aliphatic heterocycles. The molecule has 3 nitrogen and oxygen atoms in total. The molecule has 0 atom stereocenters. The van der Waals surface area contributed by atoms with Crippen LogP contribution in [0, 0.1) is 0 Å². The van der Waals surface area contributed by atoms with Crippen molar-refractivity contribution in [1.82, 2.24) is 0 Å². The molecular formula is C20H16O3. The van der Waals surface area contributed by atoms with E-state index in [0.717, 1.165) is 16.7 Å². The average Bonchev–Trinajstić information content (AvgIpc) is 2.61. The topological polar surface area (TPSA) is 46.5 Å². The first-order valence-corrected chi connectivity index (χ1v) is 7.33. The van der Waals surface area contributed by atoms with Gasteiger partial charge in [0.05, 0.1) is 5.56 Å². The molecule has 114 valence electrons. The van der Waals surface area contributed by atoms with Gasteiger partial charge >= 0.3 is 5.97 Å². The summed E-state index contributed by atoms with van der Waals surface area (Å²) in [4.78, 5) is 12.2. The summed E-state index contributed by atoms with van der Waals surface area (Å²) < 4.78 is 5.31. The fourth-order valence-electron chi connectivity index (χ4n) is 2.33. The van der Waals surface area contributed by atoms with Gasteiger partial charge in [0.1, 0.15) is 12.4 Å². The molecule has 0 fully saturated rings. The minimum Gasteiger partial charge on any atom is -0.508 e. The molecule has 0 amide bonds. The zero-order valence-corrected chi connectivity index (χ0v) is 12.5. The molecule has 0 saturated heterocycles. The number of carbonyl (C=O) groups excluding carboxylic acids is 1. The Balaban J connectivity index is 1.79. The molecule has 0 aliphatic rings. The molecule has 23 heavy (non-hydrogen) atoms. The average molecular weight is 304 g/mol. The number of ether oxygens (including phenoxy) is 1. The minimum absolute atomic E-state index is 0.0398. The fraction of sp³-hybridized carbons (Fsp3) is 0.0500. The lowest BCUT2D eigenvalue weighted by atomic mass is 10.0. The van der Waals surface area contributed by atoms with E-state index in [-0.39, 0.29) is 12.4 Å². The Hall–Kier alpha value is -3.07. The maximum atomic E-state index is 12.2. The standard InChI is InChI=1S/C20H16O3/c21-19-12-17(16-9-5-2-6-10-16)11-18(13-19)20(22)23-14-15-7-3-1-4-8-15/h1-13,21H,14H2. The van der Waals surface area contributed by atoms with E-state index in [9.17, 15) is 9.90 Å². The van der Waals surface area contributed by atoms with Gasteiger partial charge in [-0.05, 0) is 34.9 Å². The number of hydrogen-bond acceptors (Lipinski definition) is 3. The number of aromatic hydroxyl groups is 1. The van der Waals surface area contributed by atoms with Gasteiger partial charge in [-0.3, -0.25) is 0 Å². The second-order valence-corrected chi connectivity index (χ2v) is 5.20. The number of phenols is 1. The third kappa shape index (κ3) is 3.77. The second kappa shape index (κ2) is 6.79. The Labute approximate surface area is 134 Å². The summed E-state index contributed by atoms with van der Waals surface area (Å²) in [5.74, 6) is -0.417. The van der Waals surface area contributed by atoms with Crippen molar-refractivity contribution in [2.45, 2.75) is 6.61 Å². The molecule has 0 unspecified atom stereocenters. The zero-order valence-electron chi connectivity index (χ0n) is 12.5. The SMILES string of the molecule is O=C(OCc1ccccc1)c1cc(O)cc(-c2ccccc2)c1. The van der Waals surface area contributed by atoms with Crippen LogP contribution in [0.4, 0.5) is 0 Å². The Morgan fingerprint density at radius 1 is 0.826 bits per heavy atom. The van der Waals surface area contributed by atoms with Gasteiger partial charge in [-0.15, -0.1) is 0 Å². The van der Waals surface area contributed by atoms with Gasteiger partial charge in [-0.25, -0.2) is 4.79 Å². The number of rotatable bonds is 4. The maximum absolute atomic E-state index is 12.2. The van der Waals surface area contributed by atoms with Crippen molar-refractivity contribution >= 4 is 5.97 Å². The third-order valence-corrected chi connectivity index (χ3v) is 3.47. The highest BCUT2D eigenvalue weighted by Crippen LogP contribution is 2.25. The first kappa shape index (κ1) is 14.9. The molecule has 3 aromatic carbocycles. The minimum atomic E-state index is -0.457. The number of benzene rings is 3. The van der Waals surface area contributed by atoms with Crippen LogP contribution in [0.15, 0.2) is 78.9 Å². The Morgan fingerprint density at radius 2 is 1.48 bits per heavy atom. The molecule has 0 radical (unpaired) electrons. The third-order valence-electron chi connectivity index (χ3n) is 3.47. The molecular weight excluding hydrogens is 288 g/mol. The number of hydrogen-bond donors (Lipinski definition) is 1. The van der Waals surface area contributed by atoms with Crippen molar-refractivity contribution in [3.63, 3.8) is 0 Å². The van der Waals surface area contributed by atoms with Crippen molar-refractivity contribution in [3.05, 3.63) is 90.0 Å². The van der Waals surface area contributed by atoms with Gasteiger partial charge in [-0.1, -0.05) is 60.7 Å². The van der Waals surface area contributed by atoms with Crippen LogP contribution in [0.25, 0.3) is 11.1 Å². The van der Waals surface area contributed by atoms with E-state index in [0.29, 0.717) is 5.56 Å². The number of carbonyl (C=O) groups is 1. The van der Waals surface area contributed by atoms with Crippen LogP contribution in [-0.4, -0.2) is 11.1 Å². The van der Waals surface area contributed by atoms with Crippen molar-refractivity contribution in [2.24, 2.45) is 0 Å². The van der Waals surface area contributed by atoms with Crippen molar-refractivity contribution in [3.8, 4) is 16.9 Å². The van der Waals surface area contributed by atoms with Crippen molar-refractivity contribution < 1.29 is 14.6 Å². The summed E-state index contributed by atoms with van der Waals surface area (Å²) in [5, 5.41) is 9.88. The molecule has 3 rings (SSSR count). The van der Waals surface area contributed by atoms with Crippen LogP contribution in [-0.2, 0) is 11.3 Å². The van der Waals surface area contributed by atoms with Gasteiger partial charge < -0.3 is 9.84 Å². The quantitative estimate of drug-likeness (QED) is 0.726. The Bertz CT molecular complexity index is 796. The van der Waals surface area contributed by atoms with Gasteiger partial charge in [0.2, 0.25) is 0 Å². The van der Waals surface area contributed by atoms with Crippen LogP contribution in [0.5, 0.6) is 5.75 Å². The lowest BCUT2D eigenvalue weighted by Gasteiger charge is -2.08. The number of phenolic OH excluding ortho intramolecular Hbond substituents is 1. The van der Waals surface area contributed by atoms with E-state index in [1.165, 1.54) is 6.07 Å². The summed E-state index contributed by atoms with van der Waals surface area (Å²) in [5.41, 5.74) is 2.96. The van der Waals surface area contributed by atoms with Gasteiger partial charge in [0.25, 0.3) is 0 Å². The predicted molar refractivity (Wildman–Crippen MR) is 89.1 cm³/mol.